The Hall–Kier alpha value is -0.210. The van der Waals surface area contributed by atoms with Gasteiger partial charge in [-0.05, 0) is 30.9 Å². The van der Waals surface area contributed by atoms with Crippen molar-refractivity contribution in [1.82, 2.24) is 0 Å². The molecule has 1 nitrogen and oxygen atoms in total. The van der Waals surface area contributed by atoms with Gasteiger partial charge in [0.05, 0.1) is 4.75 Å². The third kappa shape index (κ3) is 2.55. The standard InChI is InChI=1S/C16H26OS/c1-3-5-7-10-14-11-9-13-16(17)15(14,18-16)12-8-6-4-2/h9,11,13,17H,3-8,10,12H2,1-2H3. The van der Waals surface area contributed by atoms with Crippen molar-refractivity contribution < 1.29 is 5.11 Å². The molecule has 1 aliphatic carbocycles. The lowest BCUT2D eigenvalue weighted by molar-refractivity contribution is 0.187. The normalized spacial score (nSPS) is 33.2. The van der Waals surface area contributed by atoms with Crippen LogP contribution < -0.4 is 0 Å². The number of hydrogen-bond acceptors (Lipinski definition) is 2. The fourth-order valence-electron chi connectivity index (χ4n) is 3.00. The molecule has 18 heavy (non-hydrogen) atoms. The molecule has 102 valence electrons. The van der Waals surface area contributed by atoms with Gasteiger partial charge in [-0.25, -0.2) is 0 Å². The smallest absolute Gasteiger partial charge is 0.148 e. The number of allylic oxidation sites excluding steroid dienone is 2. The van der Waals surface area contributed by atoms with Crippen LogP contribution in [0.25, 0.3) is 0 Å². The molecule has 2 atom stereocenters. The molecule has 0 aromatic heterocycles. The first-order valence-electron chi connectivity index (χ1n) is 7.50. The van der Waals surface area contributed by atoms with Gasteiger partial charge in [0.25, 0.3) is 0 Å². The van der Waals surface area contributed by atoms with Crippen LogP contribution >= 0.6 is 11.8 Å². The fraction of sp³-hybridized carbons (Fsp3) is 0.750. The van der Waals surface area contributed by atoms with Crippen molar-refractivity contribution in [2.75, 3.05) is 0 Å². The minimum atomic E-state index is -0.572. The van der Waals surface area contributed by atoms with Gasteiger partial charge < -0.3 is 5.11 Å². The van der Waals surface area contributed by atoms with Crippen molar-refractivity contribution >= 4 is 11.8 Å². The Morgan fingerprint density at radius 1 is 1.11 bits per heavy atom. The number of thioether (sulfide) groups is 1. The van der Waals surface area contributed by atoms with Crippen LogP contribution in [-0.4, -0.2) is 14.8 Å². The van der Waals surface area contributed by atoms with Gasteiger partial charge in [-0.3, -0.25) is 0 Å². The molecule has 0 amide bonds. The van der Waals surface area contributed by atoms with Gasteiger partial charge in [-0.15, -0.1) is 11.8 Å². The summed E-state index contributed by atoms with van der Waals surface area (Å²) in [6.07, 6.45) is 16.2. The first-order valence-corrected chi connectivity index (χ1v) is 8.31. The van der Waals surface area contributed by atoms with Crippen LogP contribution in [0.4, 0.5) is 0 Å². The number of fused-ring (bicyclic) bond motifs is 1. The molecule has 1 fully saturated rings. The fourth-order valence-corrected chi connectivity index (χ4v) is 4.47. The number of rotatable bonds is 8. The van der Waals surface area contributed by atoms with E-state index in [0.717, 1.165) is 6.42 Å². The Morgan fingerprint density at radius 2 is 1.83 bits per heavy atom. The second kappa shape index (κ2) is 5.83. The first-order chi connectivity index (χ1) is 8.68. The second-order valence-electron chi connectivity index (χ2n) is 5.59. The Bertz CT molecular complexity index is 347. The highest BCUT2D eigenvalue weighted by molar-refractivity contribution is 8.10. The summed E-state index contributed by atoms with van der Waals surface area (Å²) in [5.41, 5.74) is 1.49. The minimum absolute atomic E-state index is 0.0463. The Morgan fingerprint density at radius 3 is 2.56 bits per heavy atom. The molecular weight excluding hydrogens is 240 g/mol. The molecule has 0 spiro atoms. The van der Waals surface area contributed by atoms with Crippen LogP contribution in [0.2, 0.25) is 0 Å². The van der Waals surface area contributed by atoms with Gasteiger partial charge in [0, 0.05) is 0 Å². The summed E-state index contributed by atoms with van der Waals surface area (Å²) in [5.74, 6) is 0. The minimum Gasteiger partial charge on any atom is -0.374 e. The first kappa shape index (κ1) is 14.2. The van der Waals surface area contributed by atoms with Crippen molar-refractivity contribution in [3.05, 3.63) is 23.8 Å². The van der Waals surface area contributed by atoms with Crippen LogP contribution in [0.15, 0.2) is 23.8 Å². The van der Waals surface area contributed by atoms with Gasteiger partial charge in [-0.2, -0.15) is 0 Å². The number of aliphatic hydroxyl groups is 1. The summed E-state index contributed by atoms with van der Waals surface area (Å²) < 4.78 is 0.0463. The molecule has 2 rings (SSSR count). The largest absolute Gasteiger partial charge is 0.374 e. The van der Waals surface area contributed by atoms with Crippen molar-refractivity contribution in [3.8, 4) is 0 Å². The molecule has 0 saturated carbocycles. The van der Waals surface area contributed by atoms with E-state index < -0.39 is 4.93 Å². The molecular formula is C16H26OS. The highest BCUT2D eigenvalue weighted by Gasteiger charge is 2.68. The average molecular weight is 266 g/mol. The lowest BCUT2D eigenvalue weighted by atomic mass is 9.82. The maximum absolute atomic E-state index is 10.6. The summed E-state index contributed by atoms with van der Waals surface area (Å²) in [6, 6.07) is 0. The zero-order valence-electron chi connectivity index (χ0n) is 11.7. The van der Waals surface area contributed by atoms with E-state index in [-0.39, 0.29) is 4.75 Å². The van der Waals surface area contributed by atoms with Crippen LogP contribution in [-0.2, 0) is 0 Å². The molecule has 1 saturated heterocycles. The summed E-state index contributed by atoms with van der Waals surface area (Å²) in [5, 5.41) is 10.6. The van der Waals surface area contributed by atoms with Crippen molar-refractivity contribution in [2.24, 2.45) is 0 Å². The third-order valence-corrected chi connectivity index (χ3v) is 5.90. The van der Waals surface area contributed by atoms with Crippen molar-refractivity contribution in [3.63, 3.8) is 0 Å². The van der Waals surface area contributed by atoms with Crippen LogP contribution in [0.5, 0.6) is 0 Å². The lowest BCUT2D eigenvalue weighted by Crippen LogP contribution is -2.28. The van der Waals surface area contributed by atoms with Gasteiger partial charge >= 0.3 is 0 Å². The van der Waals surface area contributed by atoms with Crippen LogP contribution in [0.3, 0.4) is 0 Å². The molecule has 2 unspecified atom stereocenters. The van der Waals surface area contributed by atoms with E-state index in [2.05, 4.69) is 26.0 Å². The monoisotopic (exact) mass is 266 g/mol. The van der Waals surface area contributed by atoms with E-state index in [1.807, 2.05) is 6.08 Å². The maximum atomic E-state index is 10.6. The van der Waals surface area contributed by atoms with E-state index >= 15 is 0 Å². The quantitative estimate of drug-likeness (QED) is 0.502. The van der Waals surface area contributed by atoms with Gasteiger partial charge in [-0.1, -0.05) is 58.1 Å². The molecule has 2 heteroatoms. The maximum Gasteiger partial charge on any atom is 0.148 e. The average Bonchev–Trinajstić information content (AvgIpc) is 2.97. The molecule has 0 bridgehead atoms. The topological polar surface area (TPSA) is 20.2 Å². The highest BCUT2D eigenvalue weighted by Crippen LogP contribution is 2.70. The molecule has 1 heterocycles. The van der Waals surface area contributed by atoms with Crippen molar-refractivity contribution in [1.29, 1.82) is 0 Å². The van der Waals surface area contributed by atoms with E-state index in [0.29, 0.717) is 0 Å². The SMILES string of the molecule is CCCCCC1=CC=CC2(O)SC12CCCCC. The molecule has 1 N–H and O–H groups in total. The molecule has 1 aliphatic heterocycles. The second-order valence-corrected chi connectivity index (χ2v) is 7.11. The van der Waals surface area contributed by atoms with Crippen LogP contribution in [0.1, 0.15) is 65.2 Å². The van der Waals surface area contributed by atoms with Gasteiger partial charge in [0.15, 0.2) is 0 Å². The Balaban J connectivity index is 1.97. The zero-order chi connectivity index (χ0) is 13.1. The summed E-state index contributed by atoms with van der Waals surface area (Å²) >= 11 is 1.77. The zero-order valence-corrected chi connectivity index (χ0v) is 12.6. The van der Waals surface area contributed by atoms with Crippen LogP contribution in [0, 0.1) is 0 Å². The number of hydrogen-bond donors (Lipinski definition) is 1. The predicted octanol–water partition coefficient (Wildman–Crippen LogP) is 4.82. The van der Waals surface area contributed by atoms with Crippen molar-refractivity contribution in [2.45, 2.75) is 74.9 Å². The molecule has 2 aliphatic rings. The summed E-state index contributed by atoms with van der Waals surface area (Å²) in [6.45, 7) is 4.48. The van der Waals surface area contributed by atoms with Gasteiger partial charge in [0.1, 0.15) is 4.93 Å². The van der Waals surface area contributed by atoms with Gasteiger partial charge in [0.2, 0.25) is 0 Å². The molecule has 0 radical (unpaired) electrons. The Kier molecular flexibility index (Phi) is 4.60. The van der Waals surface area contributed by atoms with E-state index in [4.69, 9.17) is 0 Å². The molecule has 0 aromatic carbocycles. The van der Waals surface area contributed by atoms with E-state index in [9.17, 15) is 5.11 Å². The summed E-state index contributed by atoms with van der Waals surface area (Å²) in [4.78, 5) is -0.572. The summed E-state index contributed by atoms with van der Waals surface area (Å²) in [7, 11) is 0. The molecule has 0 aromatic rings. The predicted molar refractivity (Wildman–Crippen MR) is 80.8 cm³/mol. The highest BCUT2D eigenvalue weighted by atomic mass is 32.2. The van der Waals surface area contributed by atoms with E-state index in [1.54, 1.807) is 11.8 Å². The lowest BCUT2D eigenvalue weighted by Gasteiger charge is -2.23. The van der Waals surface area contributed by atoms with E-state index in [1.165, 1.54) is 50.5 Å². The third-order valence-electron chi connectivity index (χ3n) is 4.19. The Labute approximate surface area is 116 Å². The number of unbranched alkanes of at least 4 members (excludes halogenated alkanes) is 4.